The number of hydrogen-bond acceptors (Lipinski definition) is 3. The van der Waals surface area contributed by atoms with Gasteiger partial charge in [0.1, 0.15) is 0 Å². The predicted octanol–water partition coefficient (Wildman–Crippen LogP) is 15.3. The molecule has 4 aliphatic rings. The summed E-state index contributed by atoms with van der Waals surface area (Å²) >= 11 is 0. The first-order valence-corrected chi connectivity index (χ1v) is 25.0. The van der Waals surface area contributed by atoms with Crippen molar-refractivity contribution in [1.29, 1.82) is 0 Å². The summed E-state index contributed by atoms with van der Waals surface area (Å²) in [4.78, 5) is 8.05. The molecule has 6 aromatic carbocycles. The Morgan fingerprint density at radius 2 is 0.955 bits per heavy atom. The second-order valence-electron chi connectivity index (χ2n) is 25.3. The number of rotatable bonds is 3. The maximum Gasteiger partial charge on any atom is 0.252 e. The fourth-order valence-electron chi connectivity index (χ4n) is 12.4. The molecule has 10 rings (SSSR count). The van der Waals surface area contributed by atoms with E-state index in [1.165, 1.54) is 127 Å². The number of nitrogens with zero attached hydrogens (tertiary/aromatic N) is 3. The van der Waals surface area contributed by atoms with Gasteiger partial charge < -0.3 is 14.7 Å². The smallest absolute Gasteiger partial charge is 0.252 e. The quantitative estimate of drug-likeness (QED) is 0.164. The standard InChI is InChI=1S/C62H74BN3/c1-39-33-40(2)56-48(34-39)61(15)31-17-18-32-62(61,16)66(56)47-28-29-49-52(38-47)65(46-26-21-42(22-27-46)58(6,7)8)54-37-44(60(12,13)14)36-53-55(54)63(49)50-35-43(59(9,10)11)23-30-51(50)64(53)45-24-19-41(20-25-45)57(3,4)5/h19-30,33-38H,17-18,31-32H2,1-16H3. The van der Waals surface area contributed by atoms with Crippen LogP contribution in [-0.2, 0) is 27.1 Å². The van der Waals surface area contributed by atoms with Crippen molar-refractivity contribution in [3.63, 3.8) is 0 Å². The minimum absolute atomic E-state index is 0.0168. The zero-order valence-electron chi connectivity index (χ0n) is 43.1. The van der Waals surface area contributed by atoms with E-state index in [1.54, 1.807) is 0 Å². The molecule has 0 aromatic heterocycles. The van der Waals surface area contributed by atoms with Gasteiger partial charge in [0.25, 0.3) is 6.71 Å². The van der Waals surface area contributed by atoms with Crippen LogP contribution >= 0.6 is 0 Å². The van der Waals surface area contributed by atoms with Crippen molar-refractivity contribution in [2.45, 2.75) is 169 Å². The van der Waals surface area contributed by atoms with Crippen LogP contribution in [0.3, 0.4) is 0 Å². The lowest BCUT2D eigenvalue weighted by molar-refractivity contribution is 0.195. The largest absolute Gasteiger partial charge is 0.334 e. The van der Waals surface area contributed by atoms with Crippen LogP contribution in [0.15, 0.2) is 109 Å². The fraction of sp³-hybridized carbons (Fsp3) is 0.419. The molecule has 0 N–H and O–H groups in total. The monoisotopic (exact) mass is 872 g/mol. The van der Waals surface area contributed by atoms with Crippen LogP contribution in [-0.4, -0.2) is 12.3 Å². The summed E-state index contributed by atoms with van der Waals surface area (Å²) in [5.74, 6) is 0. The van der Waals surface area contributed by atoms with Gasteiger partial charge in [-0.3, -0.25) is 0 Å². The van der Waals surface area contributed by atoms with Gasteiger partial charge in [-0.15, -0.1) is 0 Å². The second-order valence-corrected chi connectivity index (χ2v) is 25.3. The van der Waals surface area contributed by atoms with Crippen molar-refractivity contribution in [2.75, 3.05) is 14.7 Å². The van der Waals surface area contributed by atoms with Gasteiger partial charge in [-0.05, 0) is 160 Å². The van der Waals surface area contributed by atoms with Crippen LogP contribution in [0.5, 0.6) is 0 Å². The Morgan fingerprint density at radius 3 is 1.50 bits per heavy atom. The lowest BCUT2D eigenvalue weighted by Gasteiger charge is -2.51. The molecule has 2 unspecified atom stereocenters. The van der Waals surface area contributed by atoms with E-state index in [2.05, 4.69) is 235 Å². The zero-order chi connectivity index (χ0) is 47.3. The molecule has 6 aromatic rings. The van der Waals surface area contributed by atoms with E-state index in [9.17, 15) is 0 Å². The van der Waals surface area contributed by atoms with Crippen LogP contribution in [0.1, 0.15) is 162 Å². The molecule has 0 amide bonds. The summed E-state index contributed by atoms with van der Waals surface area (Å²) in [6.45, 7) is 37.9. The average Bonchev–Trinajstić information content (AvgIpc) is 3.45. The summed E-state index contributed by atoms with van der Waals surface area (Å²) in [6, 6.07) is 44.0. The van der Waals surface area contributed by atoms with E-state index >= 15 is 0 Å². The summed E-state index contributed by atoms with van der Waals surface area (Å²) in [5.41, 5.74) is 24.0. The van der Waals surface area contributed by atoms with Gasteiger partial charge in [-0.2, -0.15) is 0 Å². The number of anilines is 8. The Hall–Kier alpha value is -5.22. The molecule has 3 aliphatic heterocycles. The van der Waals surface area contributed by atoms with Crippen molar-refractivity contribution < 1.29 is 0 Å². The number of benzene rings is 6. The van der Waals surface area contributed by atoms with Crippen molar-refractivity contribution in [3.8, 4) is 0 Å². The molecule has 3 nitrogen and oxygen atoms in total. The molecule has 1 fully saturated rings. The van der Waals surface area contributed by atoms with Crippen LogP contribution in [0, 0.1) is 13.8 Å². The molecular weight excluding hydrogens is 798 g/mol. The Bertz CT molecular complexity index is 2910. The van der Waals surface area contributed by atoms with Crippen LogP contribution in [0.4, 0.5) is 45.5 Å². The van der Waals surface area contributed by atoms with Crippen LogP contribution in [0.25, 0.3) is 0 Å². The van der Waals surface area contributed by atoms with E-state index in [0.29, 0.717) is 0 Å². The second kappa shape index (κ2) is 14.6. The fourth-order valence-corrected chi connectivity index (χ4v) is 12.4. The van der Waals surface area contributed by atoms with Gasteiger partial charge >= 0.3 is 0 Å². The third-order valence-corrected chi connectivity index (χ3v) is 16.6. The van der Waals surface area contributed by atoms with Crippen molar-refractivity contribution >= 4 is 68.6 Å². The van der Waals surface area contributed by atoms with Gasteiger partial charge in [0, 0.05) is 50.9 Å². The molecule has 66 heavy (non-hydrogen) atoms. The first-order chi connectivity index (χ1) is 30.8. The molecule has 0 spiro atoms. The highest BCUT2D eigenvalue weighted by Gasteiger charge is 2.58. The van der Waals surface area contributed by atoms with Crippen molar-refractivity contribution in [2.24, 2.45) is 0 Å². The highest BCUT2D eigenvalue weighted by molar-refractivity contribution is 7.00. The molecule has 340 valence electrons. The number of aryl methyl sites for hydroxylation is 2. The van der Waals surface area contributed by atoms with E-state index in [1.807, 2.05) is 0 Å². The number of fused-ring (bicyclic) bond motifs is 7. The molecule has 0 radical (unpaired) electrons. The summed E-state index contributed by atoms with van der Waals surface area (Å²) in [5, 5.41) is 0. The van der Waals surface area contributed by atoms with Gasteiger partial charge in [0.15, 0.2) is 0 Å². The average molecular weight is 872 g/mol. The minimum atomic E-state index is -0.0992. The van der Waals surface area contributed by atoms with E-state index < -0.39 is 0 Å². The molecule has 1 aliphatic carbocycles. The maximum atomic E-state index is 2.81. The van der Waals surface area contributed by atoms with E-state index in [-0.39, 0.29) is 39.3 Å². The third kappa shape index (κ3) is 6.73. The maximum absolute atomic E-state index is 2.81. The zero-order valence-corrected chi connectivity index (χ0v) is 43.1. The Kier molecular flexibility index (Phi) is 9.90. The highest BCUT2D eigenvalue weighted by atomic mass is 15.3. The summed E-state index contributed by atoms with van der Waals surface area (Å²) in [6.07, 6.45) is 4.91. The third-order valence-electron chi connectivity index (χ3n) is 16.6. The van der Waals surface area contributed by atoms with Gasteiger partial charge in [-0.1, -0.05) is 163 Å². The van der Waals surface area contributed by atoms with Crippen molar-refractivity contribution in [1.82, 2.24) is 0 Å². The molecule has 2 atom stereocenters. The highest BCUT2D eigenvalue weighted by Crippen LogP contribution is 2.62. The molecule has 0 bridgehead atoms. The Balaban J connectivity index is 1.30. The SMILES string of the molecule is Cc1cc(C)c2c(c1)C1(C)CCCCC1(C)N2c1ccc2c(c1)N(c1ccc(C(C)(C)C)cc1)c1cc(C(C)(C)C)cc3c1B2c1cc(C(C)(C)C)ccc1N3c1ccc(C(C)(C)C)cc1. The lowest BCUT2D eigenvalue weighted by atomic mass is 9.33. The Morgan fingerprint density at radius 1 is 0.455 bits per heavy atom. The predicted molar refractivity (Wildman–Crippen MR) is 288 cm³/mol. The molecule has 0 saturated heterocycles. The molecular formula is C62H74BN3. The lowest BCUT2D eigenvalue weighted by Crippen LogP contribution is -2.61. The minimum Gasteiger partial charge on any atom is -0.334 e. The van der Waals surface area contributed by atoms with Gasteiger partial charge in [0.2, 0.25) is 0 Å². The van der Waals surface area contributed by atoms with Crippen LogP contribution in [0.2, 0.25) is 0 Å². The summed E-state index contributed by atoms with van der Waals surface area (Å²) in [7, 11) is 0. The summed E-state index contributed by atoms with van der Waals surface area (Å²) < 4.78 is 0. The normalized spacial score (nSPS) is 20.2. The number of hydrogen-bond donors (Lipinski definition) is 0. The van der Waals surface area contributed by atoms with Crippen LogP contribution < -0.4 is 31.1 Å². The first-order valence-electron chi connectivity index (χ1n) is 25.0. The van der Waals surface area contributed by atoms with E-state index in [0.717, 1.165) is 0 Å². The molecule has 4 heteroatoms. The van der Waals surface area contributed by atoms with Gasteiger partial charge in [0.05, 0.1) is 5.54 Å². The van der Waals surface area contributed by atoms with Gasteiger partial charge in [-0.25, -0.2) is 0 Å². The molecule has 3 heterocycles. The Labute approximate surface area is 398 Å². The first kappa shape index (κ1) is 44.6. The molecule has 1 saturated carbocycles. The topological polar surface area (TPSA) is 9.72 Å². The van der Waals surface area contributed by atoms with Crippen molar-refractivity contribution in [3.05, 3.63) is 148 Å². The van der Waals surface area contributed by atoms with E-state index in [4.69, 9.17) is 0 Å².